The molecule has 0 aliphatic carbocycles. The van der Waals surface area contributed by atoms with E-state index in [1.54, 1.807) is 63.2 Å². The molecule has 8 heteroatoms. The number of amides is 2. The Morgan fingerprint density at radius 2 is 1.68 bits per heavy atom. The summed E-state index contributed by atoms with van der Waals surface area (Å²) in [6.45, 7) is 7.28. The van der Waals surface area contributed by atoms with E-state index in [1.807, 2.05) is 6.92 Å². The highest BCUT2D eigenvalue weighted by atomic mass is 32.2. The van der Waals surface area contributed by atoms with Crippen LogP contribution in [0.1, 0.15) is 36.5 Å². The van der Waals surface area contributed by atoms with E-state index in [0.717, 1.165) is 9.87 Å². The highest BCUT2D eigenvalue weighted by Crippen LogP contribution is 2.32. The lowest BCUT2D eigenvalue weighted by Gasteiger charge is -2.31. The van der Waals surface area contributed by atoms with Gasteiger partial charge in [-0.05, 0) is 63.8 Å². The third-order valence-electron chi connectivity index (χ3n) is 5.50. The molecule has 1 heterocycles. The fourth-order valence-corrected chi connectivity index (χ4v) is 6.17. The molecule has 0 bridgehead atoms. The molecule has 2 amide bonds. The summed E-state index contributed by atoms with van der Waals surface area (Å²) in [5.41, 5.74) is 8.09. The van der Waals surface area contributed by atoms with Gasteiger partial charge < -0.3 is 10.6 Å². The van der Waals surface area contributed by atoms with E-state index < -0.39 is 28.0 Å². The van der Waals surface area contributed by atoms with E-state index in [1.165, 1.54) is 4.90 Å². The van der Waals surface area contributed by atoms with E-state index in [-0.39, 0.29) is 16.5 Å². The van der Waals surface area contributed by atoms with Gasteiger partial charge in [-0.3, -0.25) is 9.59 Å². The van der Waals surface area contributed by atoms with Crippen molar-refractivity contribution in [2.75, 3.05) is 10.8 Å². The fourth-order valence-electron chi connectivity index (χ4n) is 4.30. The van der Waals surface area contributed by atoms with E-state index in [9.17, 15) is 18.0 Å². The third-order valence-corrected chi connectivity index (χ3v) is 7.54. The molecule has 3 rings (SSSR count). The van der Waals surface area contributed by atoms with Crippen molar-refractivity contribution in [1.29, 1.82) is 0 Å². The molecule has 2 N–H and O–H groups in total. The van der Waals surface area contributed by atoms with Gasteiger partial charge in [-0.15, -0.1) is 0 Å². The number of hydrogen-bond acceptors (Lipinski definition) is 5. The van der Waals surface area contributed by atoms with E-state index >= 15 is 0 Å². The molecule has 166 valence electrons. The summed E-state index contributed by atoms with van der Waals surface area (Å²) >= 11 is 0. The Balaban J connectivity index is 2.15. The van der Waals surface area contributed by atoms with Crippen LogP contribution in [0.15, 0.2) is 47.4 Å². The summed E-state index contributed by atoms with van der Waals surface area (Å²) in [6, 6.07) is 10.2. The zero-order valence-electron chi connectivity index (χ0n) is 18.3. The molecule has 2 aromatic carbocycles. The molecule has 0 spiro atoms. The van der Waals surface area contributed by atoms with Crippen molar-refractivity contribution >= 4 is 27.5 Å². The summed E-state index contributed by atoms with van der Waals surface area (Å²) in [4.78, 5) is 27.8. The molecule has 1 fully saturated rings. The molecule has 0 unspecified atom stereocenters. The van der Waals surface area contributed by atoms with Gasteiger partial charge >= 0.3 is 0 Å². The number of hydrogen-bond donors (Lipinski definition) is 1. The molecule has 0 aromatic heterocycles. The molecule has 2 aromatic rings. The molecule has 1 aliphatic heterocycles. The Morgan fingerprint density at radius 1 is 1.10 bits per heavy atom. The van der Waals surface area contributed by atoms with Gasteiger partial charge in [-0.2, -0.15) is 0 Å². The molecule has 0 saturated carbocycles. The van der Waals surface area contributed by atoms with Crippen LogP contribution in [0.25, 0.3) is 0 Å². The quantitative estimate of drug-likeness (QED) is 0.766. The average Bonchev–Trinajstić information content (AvgIpc) is 3.16. The second-order valence-electron chi connectivity index (χ2n) is 8.15. The number of sulfonamides is 1. The normalized spacial score (nSPS) is 17.5. The van der Waals surface area contributed by atoms with Gasteiger partial charge in [-0.25, -0.2) is 12.7 Å². The Kier molecular flexibility index (Phi) is 6.52. The first-order valence-corrected chi connectivity index (χ1v) is 11.8. The number of benzene rings is 2. The van der Waals surface area contributed by atoms with Crippen molar-refractivity contribution in [2.24, 2.45) is 5.73 Å². The highest BCUT2D eigenvalue weighted by molar-refractivity contribution is 7.93. The summed E-state index contributed by atoms with van der Waals surface area (Å²) in [5, 5.41) is 0. The maximum Gasteiger partial charge on any atom is 0.271 e. The standard InChI is InChI=1S/C23H29N3O4S/c1-15-13-16(2)21(17(3)14-15)31(29,30)26(19-9-6-5-7-10-19)23(28)20-11-8-12-25(20)22(27)18(4)24/h5-7,9-10,13-14,18,20H,8,11-12,24H2,1-4H3/t18-,20-/m0/s1. The number of aryl methyl sites for hydroxylation is 3. The number of carbonyl (C=O) groups excluding carboxylic acids is 2. The summed E-state index contributed by atoms with van der Waals surface area (Å²) in [6.07, 6.45) is 1.00. The van der Waals surface area contributed by atoms with Crippen molar-refractivity contribution < 1.29 is 18.0 Å². The van der Waals surface area contributed by atoms with Gasteiger partial charge in [0.2, 0.25) is 5.91 Å². The Morgan fingerprint density at radius 3 is 2.23 bits per heavy atom. The second kappa shape index (κ2) is 8.80. The van der Waals surface area contributed by atoms with Crippen LogP contribution in [0.5, 0.6) is 0 Å². The maximum atomic E-state index is 13.9. The number of nitrogens with two attached hydrogens (primary N) is 1. The number of para-hydroxylation sites is 1. The number of anilines is 1. The minimum absolute atomic E-state index is 0.110. The predicted octanol–water partition coefficient (Wildman–Crippen LogP) is 2.67. The largest absolute Gasteiger partial charge is 0.329 e. The summed E-state index contributed by atoms with van der Waals surface area (Å²) < 4.78 is 28.6. The van der Waals surface area contributed by atoms with Crippen LogP contribution in [0.3, 0.4) is 0 Å². The van der Waals surface area contributed by atoms with Crippen LogP contribution in [-0.2, 0) is 19.6 Å². The van der Waals surface area contributed by atoms with Crippen molar-refractivity contribution in [1.82, 2.24) is 4.90 Å². The Labute approximate surface area is 183 Å². The lowest BCUT2D eigenvalue weighted by molar-refractivity contribution is -0.137. The van der Waals surface area contributed by atoms with Gasteiger partial charge in [-0.1, -0.05) is 35.9 Å². The zero-order chi connectivity index (χ0) is 22.9. The van der Waals surface area contributed by atoms with E-state index in [4.69, 9.17) is 5.73 Å². The lowest BCUT2D eigenvalue weighted by atomic mass is 10.1. The Bertz CT molecular complexity index is 1070. The predicted molar refractivity (Wildman–Crippen MR) is 120 cm³/mol. The van der Waals surface area contributed by atoms with Crippen molar-refractivity contribution in [3.05, 3.63) is 59.2 Å². The molecule has 1 saturated heterocycles. The van der Waals surface area contributed by atoms with Crippen LogP contribution in [0.2, 0.25) is 0 Å². The number of nitrogens with zero attached hydrogens (tertiary/aromatic N) is 2. The van der Waals surface area contributed by atoms with Crippen LogP contribution < -0.4 is 10.0 Å². The van der Waals surface area contributed by atoms with Gasteiger partial charge in [0.25, 0.3) is 15.9 Å². The van der Waals surface area contributed by atoms with Gasteiger partial charge in [0.05, 0.1) is 16.6 Å². The summed E-state index contributed by atoms with van der Waals surface area (Å²) in [7, 11) is -4.22. The number of likely N-dealkylation sites (tertiary alicyclic amines) is 1. The summed E-state index contributed by atoms with van der Waals surface area (Å²) in [5.74, 6) is -0.999. The topological polar surface area (TPSA) is 101 Å². The van der Waals surface area contributed by atoms with Crippen LogP contribution in [0, 0.1) is 20.8 Å². The van der Waals surface area contributed by atoms with E-state index in [0.29, 0.717) is 30.5 Å². The molecule has 31 heavy (non-hydrogen) atoms. The molecular weight excluding hydrogens is 414 g/mol. The first-order valence-electron chi connectivity index (χ1n) is 10.3. The molecule has 0 radical (unpaired) electrons. The zero-order valence-corrected chi connectivity index (χ0v) is 19.1. The van der Waals surface area contributed by atoms with E-state index in [2.05, 4.69) is 0 Å². The van der Waals surface area contributed by atoms with Gasteiger partial charge in [0, 0.05) is 6.54 Å². The number of rotatable bonds is 5. The second-order valence-corrected chi connectivity index (χ2v) is 9.87. The highest BCUT2D eigenvalue weighted by Gasteiger charge is 2.42. The van der Waals surface area contributed by atoms with Gasteiger partial charge in [0.15, 0.2) is 0 Å². The minimum Gasteiger partial charge on any atom is -0.329 e. The van der Waals surface area contributed by atoms with Gasteiger partial charge in [0.1, 0.15) is 6.04 Å². The fraction of sp³-hybridized carbons (Fsp3) is 0.391. The average molecular weight is 444 g/mol. The minimum atomic E-state index is -4.22. The van der Waals surface area contributed by atoms with Crippen molar-refractivity contribution in [2.45, 2.75) is 57.5 Å². The van der Waals surface area contributed by atoms with Crippen LogP contribution in [-0.4, -0.2) is 43.8 Å². The number of carbonyl (C=O) groups is 2. The molecule has 7 nitrogen and oxygen atoms in total. The van der Waals surface area contributed by atoms with Crippen molar-refractivity contribution in [3.8, 4) is 0 Å². The van der Waals surface area contributed by atoms with Crippen molar-refractivity contribution in [3.63, 3.8) is 0 Å². The molecular formula is C23H29N3O4S. The monoisotopic (exact) mass is 443 g/mol. The molecule has 2 atom stereocenters. The van der Waals surface area contributed by atoms with Crippen LogP contribution in [0.4, 0.5) is 5.69 Å². The maximum absolute atomic E-state index is 13.9. The SMILES string of the molecule is Cc1cc(C)c(S(=O)(=O)N(C(=O)[C@@H]2CCCN2C(=O)[C@H](C)N)c2ccccc2)c(C)c1. The van der Waals surface area contributed by atoms with Crippen LogP contribution >= 0.6 is 0 Å². The molecule has 1 aliphatic rings. The lowest BCUT2D eigenvalue weighted by Crippen LogP contribution is -2.53. The smallest absolute Gasteiger partial charge is 0.271 e. The first kappa shape index (κ1) is 23.0. The first-order chi connectivity index (χ1) is 14.6. The Hall–Kier alpha value is -2.71. The third kappa shape index (κ3) is 4.36.